The molecule has 0 aromatic heterocycles. The van der Waals surface area contributed by atoms with Crippen molar-refractivity contribution in [1.29, 1.82) is 0 Å². The lowest BCUT2D eigenvalue weighted by Gasteiger charge is -2.33. The smallest absolute Gasteiger partial charge is 0.264 e. The summed E-state index contributed by atoms with van der Waals surface area (Å²) in [6.07, 6.45) is 0.172. The van der Waals surface area contributed by atoms with Gasteiger partial charge < -0.3 is 10.2 Å². The number of nitrogens with one attached hydrogen (secondary N) is 1. The number of amides is 2. The monoisotopic (exact) mass is 593 g/mol. The van der Waals surface area contributed by atoms with E-state index in [2.05, 4.69) is 5.32 Å². The first-order valence-electron chi connectivity index (χ1n) is 12.8. The highest BCUT2D eigenvalue weighted by Gasteiger charge is 2.34. The third-order valence-electron chi connectivity index (χ3n) is 6.51. The predicted molar refractivity (Wildman–Crippen MR) is 157 cm³/mol. The van der Waals surface area contributed by atoms with Crippen LogP contribution in [0.25, 0.3) is 0 Å². The molecule has 4 aromatic carbocycles. The molecule has 0 bridgehead atoms. The number of hydrogen-bond donors (Lipinski definition) is 1. The Morgan fingerprint density at radius 2 is 1.41 bits per heavy atom. The molecule has 4 aromatic rings. The maximum Gasteiger partial charge on any atom is 0.264 e. The topological polar surface area (TPSA) is 86.8 Å². The minimum atomic E-state index is -4.24. The lowest BCUT2D eigenvalue weighted by atomic mass is 10.0. The number of carbonyl (C=O) groups excluding carboxylic acids is 2. The fourth-order valence-electron chi connectivity index (χ4n) is 4.39. The molecule has 0 aliphatic heterocycles. The second-order valence-corrected chi connectivity index (χ2v) is 11.5. The van der Waals surface area contributed by atoms with Crippen LogP contribution < -0.4 is 9.62 Å². The van der Waals surface area contributed by atoms with Gasteiger partial charge in [-0.3, -0.25) is 13.9 Å². The van der Waals surface area contributed by atoms with Crippen molar-refractivity contribution in [3.05, 3.63) is 131 Å². The zero-order valence-corrected chi connectivity index (χ0v) is 23.9. The standard InChI is InChI=1S/C31H29ClFN3O4S/c1-34-31(38)29(20-23-10-4-2-5-11-23)35(21-24-16-18-25(33)19-17-24)30(37)22-36(28-15-9-8-14-27(28)32)41(39,40)26-12-6-3-7-13-26/h2-19,29H,20-22H2,1H3,(H,34,38)/t29-/m1/s1. The summed E-state index contributed by atoms with van der Waals surface area (Å²) in [5.41, 5.74) is 1.49. The van der Waals surface area contributed by atoms with E-state index < -0.39 is 40.2 Å². The highest BCUT2D eigenvalue weighted by Crippen LogP contribution is 2.31. The number of carbonyl (C=O) groups is 2. The SMILES string of the molecule is CNC(=O)[C@@H](Cc1ccccc1)N(Cc1ccc(F)cc1)C(=O)CN(c1ccccc1Cl)S(=O)(=O)c1ccccc1. The molecule has 0 fully saturated rings. The molecule has 0 radical (unpaired) electrons. The average molecular weight is 594 g/mol. The van der Waals surface area contributed by atoms with Crippen molar-refractivity contribution in [3.8, 4) is 0 Å². The summed E-state index contributed by atoms with van der Waals surface area (Å²) in [6, 6.07) is 27.8. The zero-order chi connectivity index (χ0) is 29.4. The van der Waals surface area contributed by atoms with E-state index in [1.165, 1.54) is 60.5 Å². The molecule has 0 aliphatic carbocycles. The Bertz CT molecular complexity index is 1590. The summed E-state index contributed by atoms with van der Waals surface area (Å²) in [4.78, 5) is 28.7. The van der Waals surface area contributed by atoms with Crippen LogP contribution in [0, 0.1) is 5.82 Å². The van der Waals surface area contributed by atoms with Gasteiger partial charge in [-0.15, -0.1) is 0 Å². The zero-order valence-electron chi connectivity index (χ0n) is 22.3. The van der Waals surface area contributed by atoms with E-state index in [4.69, 9.17) is 11.6 Å². The maximum absolute atomic E-state index is 14.2. The first kappa shape index (κ1) is 29.8. The maximum atomic E-state index is 14.2. The number of anilines is 1. The van der Waals surface area contributed by atoms with Crippen LogP contribution in [-0.4, -0.2) is 44.8 Å². The Balaban J connectivity index is 1.78. The molecular formula is C31H29ClFN3O4S. The van der Waals surface area contributed by atoms with Gasteiger partial charge in [0.05, 0.1) is 15.6 Å². The van der Waals surface area contributed by atoms with E-state index in [1.807, 2.05) is 30.3 Å². The summed E-state index contributed by atoms with van der Waals surface area (Å²) in [6.45, 7) is -0.698. The number of sulfonamides is 1. The van der Waals surface area contributed by atoms with Gasteiger partial charge in [0.2, 0.25) is 11.8 Å². The van der Waals surface area contributed by atoms with Crippen molar-refractivity contribution in [2.24, 2.45) is 0 Å². The van der Waals surface area contributed by atoms with E-state index in [1.54, 1.807) is 30.3 Å². The van der Waals surface area contributed by atoms with Crippen molar-refractivity contribution >= 4 is 39.1 Å². The molecule has 0 spiro atoms. The van der Waals surface area contributed by atoms with Crippen molar-refractivity contribution in [2.45, 2.75) is 23.9 Å². The summed E-state index contributed by atoms with van der Waals surface area (Å²) >= 11 is 6.43. The summed E-state index contributed by atoms with van der Waals surface area (Å²) in [5.74, 6) is -1.52. The number of hydrogen-bond acceptors (Lipinski definition) is 4. The molecule has 2 amide bonds. The molecule has 0 heterocycles. The molecule has 0 aliphatic rings. The highest BCUT2D eigenvalue weighted by molar-refractivity contribution is 7.92. The van der Waals surface area contributed by atoms with Crippen LogP contribution in [0.2, 0.25) is 5.02 Å². The van der Waals surface area contributed by atoms with Crippen LogP contribution >= 0.6 is 11.6 Å². The van der Waals surface area contributed by atoms with Gasteiger partial charge in [0.25, 0.3) is 10.0 Å². The number of halogens is 2. The first-order chi connectivity index (χ1) is 19.7. The van der Waals surface area contributed by atoms with Gasteiger partial charge >= 0.3 is 0 Å². The van der Waals surface area contributed by atoms with Crippen LogP contribution in [0.1, 0.15) is 11.1 Å². The van der Waals surface area contributed by atoms with Gasteiger partial charge in [0.15, 0.2) is 0 Å². The normalized spacial score (nSPS) is 11.9. The van der Waals surface area contributed by atoms with E-state index >= 15 is 0 Å². The molecule has 4 rings (SSSR count). The molecule has 1 atom stereocenters. The Morgan fingerprint density at radius 1 is 0.829 bits per heavy atom. The Morgan fingerprint density at radius 3 is 2.02 bits per heavy atom. The molecule has 212 valence electrons. The molecular weight excluding hydrogens is 565 g/mol. The van der Waals surface area contributed by atoms with Crippen molar-refractivity contribution < 1.29 is 22.4 Å². The molecule has 0 saturated carbocycles. The third-order valence-corrected chi connectivity index (χ3v) is 8.61. The Kier molecular flexibility index (Phi) is 9.75. The lowest BCUT2D eigenvalue weighted by molar-refractivity contribution is -0.139. The quantitative estimate of drug-likeness (QED) is 0.263. The second-order valence-electron chi connectivity index (χ2n) is 9.24. The minimum absolute atomic E-state index is 0.0232. The summed E-state index contributed by atoms with van der Waals surface area (Å²) in [5, 5.41) is 2.76. The van der Waals surface area contributed by atoms with E-state index in [0.717, 1.165) is 9.87 Å². The van der Waals surface area contributed by atoms with Crippen LogP contribution in [0.15, 0.2) is 114 Å². The average Bonchev–Trinajstić information content (AvgIpc) is 2.99. The van der Waals surface area contributed by atoms with E-state index in [0.29, 0.717) is 5.56 Å². The van der Waals surface area contributed by atoms with Gasteiger partial charge in [0.1, 0.15) is 18.4 Å². The van der Waals surface area contributed by atoms with Crippen LogP contribution in [0.5, 0.6) is 0 Å². The van der Waals surface area contributed by atoms with Gasteiger partial charge in [-0.25, -0.2) is 12.8 Å². The summed E-state index contributed by atoms with van der Waals surface area (Å²) in [7, 11) is -2.77. The van der Waals surface area contributed by atoms with Gasteiger partial charge in [-0.2, -0.15) is 0 Å². The van der Waals surface area contributed by atoms with Crippen LogP contribution in [0.3, 0.4) is 0 Å². The number of para-hydroxylation sites is 1. The van der Waals surface area contributed by atoms with Crippen LogP contribution in [0.4, 0.5) is 10.1 Å². The van der Waals surface area contributed by atoms with Gasteiger partial charge in [-0.05, 0) is 47.5 Å². The fourth-order valence-corrected chi connectivity index (χ4v) is 6.14. The molecule has 41 heavy (non-hydrogen) atoms. The lowest BCUT2D eigenvalue weighted by Crippen LogP contribution is -2.53. The fraction of sp³-hybridized carbons (Fsp3) is 0.161. The first-order valence-corrected chi connectivity index (χ1v) is 14.6. The number of nitrogens with zero attached hydrogens (tertiary/aromatic N) is 2. The predicted octanol–water partition coefficient (Wildman–Crippen LogP) is 5.06. The number of likely N-dealkylation sites (N-methyl/N-ethyl adjacent to an activating group) is 1. The van der Waals surface area contributed by atoms with E-state index in [9.17, 15) is 22.4 Å². The summed E-state index contributed by atoms with van der Waals surface area (Å²) < 4.78 is 42.4. The van der Waals surface area contributed by atoms with E-state index in [-0.39, 0.29) is 28.6 Å². The van der Waals surface area contributed by atoms with Gasteiger partial charge in [-0.1, -0.05) is 84.4 Å². The molecule has 7 nitrogen and oxygen atoms in total. The number of benzene rings is 4. The highest BCUT2D eigenvalue weighted by atomic mass is 35.5. The molecule has 0 unspecified atom stereocenters. The van der Waals surface area contributed by atoms with Crippen molar-refractivity contribution in [2.75, 3.05) is 17.9 Å². The van der Waals surface area contributed by atoms with Crippen molar-refractivity contribution in [1.82, 2.24) is 10.2 Å². The Hall–Kier alpha value is -4.21. The second kappa shape index (κ2) is 13.4. The van der Waals surface area contributed by atoms with Crippen molar-refractivity contribution in [3.63, 3.8) is 0 Å². The largest absolute Gasteiger partial charge is 0.357 e. The number of rotatable bonds is 11. The Labute approximate surface area is 244 Å². The molecule has 0 saturated heterocycles. The van der Waals surface area contributed by atoms with Crippen LogP contribution in [-0.2, 0) is 32.6 Å². The third kappa shape index (κ3) is 7.31. The molecule has 10 heteroatoms. The molecule has 1 N–H and O–H groups in total. The van der Waals surface area contributed by atoms with Gasteiger partial charge in [0, 0.05) is 20.0 Å². The minimum Gasteiger partial charge on any atom is -0.357 e.